The number of likely N-dealkylation sites (N-methyl/N-ethyl adjacent to an activating group) is 1. The maximum atomic E-state index is 9.32. The van der Waals surface area contributed by atoms with E-state index in [0.29, 0.717) is 22.9 Å². The number of hydrogen-bond acceptors (Lipinski definition) is 9. The number of piperidine rings is 1. The molecular formula is C40H42ClN7O2. The minimum Gasteiger partial charge on any atom is -0.488 e. The second-order valence-corrected chi connectivity index (χ2v) is 13.7. The zero-order chi connectivity index (χ0) is 34.5. The van der Waals surface area contributed by atoms with Crippen LogP contribution in [-0.4, -0.2) is 71.1 Å². The van der Waals surface area contributed by atoms with Crippen LogP contribution in [0.25, 0.3) is 22.2 Å². The van der Waals surface area contributed by atoms with Crippen LogP contribution in [0.2, 0.25) is 5.02 Å². The fourth-order valence-electron chi connectivity index (χ4n) is 6.76. The SMILES string of the molecule is Cc1c(COc2cc(OCc3cncc(C#N)c3)c(CN3CCCCC3)cc2Cl)cccc1-c1ccc2ncc(N3CCN(C)CC3)nc2c1. The Morgan fingerprint density at radius 2 is 1.64 bits per heavy atom. The smallest absolute Gasteiger partial charge is 0.147 e. The third-order valence-electron chi connectivity index (χ3n) is 9.77. The van der Waals surface area contributed by atoms with Gasteiger partial charge in [0.1, 0.15) is 36.6 Å². The number of likely N-dealkylation sites (tertiary alicyclic amines) is 1. The predicted molar refractivity (Wildman–Crippen MR) is 198 cm³/mol. The largest absolute Gasteiger partial charge is 0.488 e. The molecule has 5 aromatic rings. The first-order valence-electron chi connectivity index (χ1n) is 17.4. The fourth-order valence-corrected chi connectivity index (χ4v) is 7.00. The summed E-state index contributed by atoms with van der Waals surface area (Å²) in [6, 6.07) is 20.4. The van der Waals surface area contributed by atoms with Gasteiger partial charge in [-0.25, -0.2) is 4.98 Å². The number of fused-ring (bicyclic) bond motifs is 1. The molecule has 0 radical (unpaired) electrons. The van der Waals surface area contributed by atoms with Gasteiger partial charge in [-0.05, 0) is 86.4 Å². The molecule has 0 saturated carbocycles. The number of nitrogens with zero attached hydrogens (tertiary/aromatic N) is 7. The molecule has 2 aromatic heterocycles. The first kappa shape index (κ1) is 33.7. The Bertz CT molecular complexity index is 2020. The van der Waals surface area contributed by atoms with Crippen molar-refractivity contribution in [1.29, 1.82) is 5.26 Å². The van der Waals surface area contributed by atoms with E-state index in [4.69, 9.17) is 31.0 Å². The minimum absolute atomic E-state index is 0.282. The number of nitriles is 1. The van der Waals surface area contributed by atoms with E-state index in [2.05, 4.69) is 70.1 Å². The average molecular weight is 688 g/mol. The number of halogens is 1. The molecule has 0 unspecified atom stereocenters. The van der Waals surface area contributed by atoms with Gasteiger partial charge in [0.05, 0.1) is 27.8 Å². The molecule has 50 heavy (non-hydrogen) atoms. The van der Waals surface area contributed by atoms with Crippen molar-refractivity contribution in [2.24, 2.45) is 0 Å². The highest BCUT2D eigenvalue weighted by atomic mass is 35.5. The molecule has 0 N–H and O–H groups in total. The van der Waals surface area contributed by atoms with Crippen molar-refractivity contribution in [3.05, 3.63) is 106 Å². The van der Waals surface area contributed by atoms with Crippen LogP contribution in [0.1, 0.15) is 47.1 Å². The van der Waals surface area contributed by atoms with Crippen molar-refractivity contribution in [2.75, 3.05) is 51.2 Å². The van der Waals surface area contributed by atoms with Crippen molar-refractivity contribution in [1.82, 2.24) is 24.8 Å². The van der Waals surface area contributed by atoms with Crippen LogP contribution >= 0.6 is 11.6 Å². The van der Waals surface area contributed by atoms with Crippen molar-refractivity contribution in [3.63, 3.8) is 0 Å². The third-order valence-corrected chi connectivity index (χ3v) is 10.1. The lowest BCUT2D eigenvalue weighted by Gasteiger charge is -2.33. The second kappa shape index (κ2) is 15.4. The maximum absolute atomic E-state index is 9.32. The Morgan fingerprint density at radius 1 is 0.820 bits per heavy atom. The second-order valence-electron chi connectivity index (χ2n) is 13.3. The molecule has 9 nitrogen and oxygen atoms in total. The number of ether oxygens (including phenoxy) is 2. The van der Waals surface area contributed by atoms with E-state index in [1.165, 1.54) is 19.3 Å². The Morgan fingerprint density at radius 3 is 2.46 bits per heavy atom. The van der Waals surface area contributed by atoms with E-state index < -0.39 is 0 Å². The Balaban J connectivity index is 1.11. The summed E-state index contributed by atoms with van der Waals surface area (Å²) in [4.78, 5) is 21.0. The molecule has 7 rings (SSSR count). The minimum atomic E-state index is 0.282. The lowest BCUT2D eigenvalue weighted by Crippen LogP contribution is -2.44. The van der Waals surface area contributed by atoms with Crippen molar-refractivity contribution in [3.8, 4) is 28.7 Å². The number of aromatic nitrogens is 3. The molecule has 0 atom stereocenters. The van der Waals surface area contributed by atoms with Gasteiger partial charge in [0.2, 0.25) is 0 Å². The standard InChI is InChI=1S/C40H42ClN7O2/c1-28-32(7-6-8-34(28)31-9-10-36-37(19-31)45-40(24-44-36)48-15-13-46(2)14-16-48)27-50-39-20-38(49-26-30-17-29(21-42)22-43-23-30)33(18-35(39)41)25-47-11-4-3-5-12-47/h6-10,17-20,22-24H,3-5,11-16,25-27H2,1-2H3. The maximum Gasteiger partial charge on any atom is 0.147 e. The number of benzene rings is 3. The summed E-state index contributed by atoms with van der Waals surface area (Å²) in [5.74, 6) is 2.21. The molecule has 0 amide bonds. The first-order chi connectivity index (χ1) is 24.4. The van der Waals surface area contributed by atoms with Gasteiger partial charge in [0.15, 0.2) is 0 Å². The summed E-state index contributed by atoms with van der Waals surface area (Å²) in [6.07, 6.45) is 8.82. The highest BCUT2D eigenvalue weighted by molar-refractivity contribution is 6.32. The molecule has 0 bridgehead atoms. The summed E-state index contributed by atoms with van der Waals surface area (Å²) in [5.41, 5.74) is 8.53. The number of piperazine rings is 1. The number of pyridine rings is 1. The average Bonchev–Trinajstić information content (AvgIpc) is 3.15. The zero-order valence-corrected chi connectivity index (χ0v) is 29.5. The lowest BCUT2D eigenvalue weighted by atomic mass is 9.96. The molecule has 2 fully saturated rings. The van der Waals surface area contributed by atoms with Gasteiger partial charge in [-0.2, -0.15) is 5.26 Å². The summed E-state index contributed by atoms with van der Waals surface area (Å²) in [7, 11) is 2.16. The van der Waals surface area contributed by atoms with E-state index in [1.807, 2.05) is 24.4 Å². The number of anilines is 1. The Labute approximate surface area is 299 Å². The molecule has 0 spiro atoms. The van der Waals surface area contributed by atoms with E-state index in [9.17, 15) is 5.26 Å². The van der Waals surface area contributed by atoms with Crippen molar-refractivity contribution < 1.29 is 9.47 Å². The van der Waals surface area contributed by atoms with Gasteiger partial charge in [0.25, 0.3) is 0 Å². The van der Waals surface area contributed by atoms with Gasteiger partial charge >= 0.3 is 0 Å². The van der Waals surface area contributed by atoms with Gasteiger partial charge in [0, 0.05) is 62.3 Å². The zero-order valence-electron chi connectivity index (χ0n) is 28.7. The summed E-state index contributed by atoms with van der Waals surface area (Å²) >= 11 is 6.88. The number of hydrogen-bond donors (Lipinski definition) is 0. The molecular weight excluding hydrogens is 646 g/mol. The fraction of sp³-hybridized carbons (Fsp3) is 0.350. The molecule has 3 aromatic carbocycles. The van der Waals surface area contributed by atoms with E-state index >= 15 is 0 Å². The molecule has 2 aliphatic rings. The number of rotatable bonds is 10. The molecule has 256 valence electrons. The molecule has 0 aliphatic carbocycles. The van der Waals surface area contributed by atoms with E-state index in [0.717, 1.165) is 102 Å². The van der Waals surface area contributed by atoms with Crippen LogP contribution in [0, 0.1) is 18.3 Å². The Hall–Kier alpha value is -4.75. The van der Waals surface area contributed by atoms with Crippen LogP contribution in [0.15, 0.2) is 73.2 Å². The summed E-state index contributed by atoms with van der Waals surface area (Å²) < 4.78 is 12.8. The van der Waals surface area contributed by atoms with Crippen LogP contribution in [0.5, 0.6) is 11.5 Å². The molecule has 2 saturated heterocycles. The van der Waals surface area contributed by atoms with Gasteiger partial charge in [-0.1, -0.05) is 42.3 Å². The van der Waals surface area contributed by atoms with Crippen molar-refractivity contribution in [2.45, 2.75) is 45.9 Å². The van der Waals surface area contributed by atoms with Gasteiger partial charge in [-0.3, -0.25) is 14.9 Å². The highest BCUT2D eigenvalue weighted by Crippen LogP contribution is 2.36. The summed E-state index contributed by atoms with van der Waals surface area (Å²) in [5, 5.41) is 9.87. The third kappa shape index (κ3) is 7.84. The lowest BCUT2D eigenvalue weighted by molar-refractivity contribution is 0.214. The first-order valence-corrected chi connectivity index (χ1v) is 17.7. The van der Waals surface area contributed by atoms with Crippen LogP contribution in [0.3, 0.4) is 0 Å². The monoisotopic (exact) mass is 687 g/mol. The molecule has 4 heterocycles. The molecule has 10 heteroatoms. The topological polar surface area (TPSA) is 90.6 Å². The molecule has 2 aliphatic heterocycles. The Kier molecular flexibility index (Phi) is 10.4. The van der Waals surface area contributed by atoms with E-state index in [1.54, 1.807) is 18.5 Å². The normalized spacial score (nSPS) is 15.6. The summed E-state index contributed by atoms with van der Waals surface area (Å²) in [6.45, 7) is 9.56. The predicted octanol–water partition coefficient (Wildman–Crippen LogP) is 7.42. The van der Waals surface area contributed by atoms with Crippen molar-refractivity contribution >= 4 is 28.5 Å². The highest BCUT2D eigenvalue weighted by Gasteiger charge is 2.19. The van der Waals surface area contributed by atoms with Crippen LogP contribution < -0.4 is 14.4 Å². The van der Waals surface area contributed by atoms with Gasteiger partial charge in [-0.15, -0.1) is 0 Å². The van der Waals surface area contributed by atoms with Crippen LogP contribution in [0.4, 0.5) is 5.82 Å². The van der Waals surface area contributed by atoms with Gasteiger partial charge < -0.3 is 19.3 Å². The van der Waals surface area contributed by atoms with E-state index in [-0.39, 0.29) is 6.61 Å². The van der Waals surface area contributed by atoms with Crippen LogP contribution in [-0.2, 0) is 19.8 Å². The quantitative estimate of drug-likeness (QED) is 0.149.